The van der Waals surface area contributed by atoms with Gasteiger partial charge in [-0.2, -0.15) is 15.0 Å². The maximum absolute atomic E-state index is 9.35. The van der Waals surface area contributed by atoms with Crippen LogP contribution in [0.15, 0.2) is 17.5 Å². The van der Waals surface area contributed by atoms with Crippen LogP contribution < -0.4 is 0 Å². The van der Waals surface area contributed by atoms with Crippen molar-refractivity contribution in [1.82, 2.24) is 24.6 Å². The molecule has 1 aliphatic carbocycles. The van der Waals surface area contributed by atoms with E-state index < -0.39 is 0 Å². The molecular formula is C16H15N7S. The fraction of sp³-hybridized carbons (Fsp3) is 0.312. The van der Waals surface area contributed by atoms with Crippen molar-refractivity contribution in [3.8, 4) is 11.9 Å². The second-order valence-electron chi connectivity index (χ2n) is 5.85. The van der Waals surface area contributed by atoms with Crippen LogP contribution in [0.1, 0.15) is 22.4 Å². The Morgan fingerprint density at radius 1 is 1.38 bits per heavy atom. The Bertz CT molecular complexity index is 990. The van der Waals surface area contributed by atoms with E-state index in [0.29, 0.717) is 17.2 Å². The predicted octanol–water partition coefficient (Wildman–Crippen LogP) is 2.46. The van der Waals surface area contributed by atoms with Crippen molar-refractivity contribution in [1.29, 1.82) is 5.26 Å². The van der Waals surface area contributed by atoms with Crippen LogP contribution in [0.3, 0.4) is 0 Å². The van der Waals surface area contributed by atoms with Crippen LogP contribution in [0.2, 0.25) is 0 Å². The quantitative estimate of drug-likeness (QED) is 0.541. The lowest BCUT2D eigenvalue weighted by atomic mass is 10.2. The highest BCUT2D eigenvalue weighted by atomic mass is 32.1. The number of nitrogens with zero attached hydrogens (tertiary/aromatic N) is 7. The van der Waals surface area contributed by atoms with E-state index in [4.69, 9.17) is 0 Å². The number of rotatable bonds is 3. The van der Waals surface area contributed by atoms with Gasteiger partial charge in [0.25, 0.3) is 0 Å². The Balaban J connectivity index is 1.96. The second-order valence-corrected chi connectivity index (χ2v) is 6.93. The zero-order valence-electron chi connectivity index (χ0n) is 13.4. The largest absolute Gasteiger partial charge is 0.369 e. The molecule has 0 amide bonds. The van der Waals surface area contributed by atoms with Gasteiger partial charge < -0.3 is 4.90 Å². The Hall–Kier alpha value is -2.79. The number of hydrogen-bond acceptors (Lipinski definition) is 6. The van der Waals surface area contributed by atoms with Crippen molar-refractivity contribution in [2.24, 2.45) is 4.99 Å². The van der Waals surface area contributed by atoms with Gasteiger partial charge >= 0.3 is 0 Å². The molecule has 0 fully saturated rings. The molecule has 0 aromatic carbocycles. The minimum absolute atomic E-state index is 0.423. The molecule has 3 aromatic rings. The molecule has 0 atom stereocenters. The van der Waals surface area contributed by atoms with Gasteiger partial charge in [-0.1, -0.05) is 0 Å². The highest BCUT2D eigenvalue weighted by Crippen LogP contribution is 2.39. The summed E-state index contributed by atoms with van der Waals surface area (Å²) in [6, 6.07) is 2.15. The zero-order valence-corrected chi connectivity index (χ0v) is 14.2. The Morgan fingerprint density at radius 3 is 3.04 bits per heavy atom. The Morgan fingerprint density at radius 2 is 2.25 bits per heavy atom. The molecule has 3 heterocycles. The van der Waals surface area contributed by atoms with E-state index in [2.05, 4.69) is 26.1 Å². The molecule has 1 aliphatic rings. The van der Waals surface area contributed by atoms with Crippen molar-refractivity contribution >= 4 is 33.7 Å². The summed E-state index contributed by atoms with van der Waals surface area (Å²) in [5.74, 6) is 1.19. The fourth-order valence-corrected chi connectivity index (χ4v) is 4.17. The highest BCUT2D eigenvalue weighted by Gasteiger charge is 2.23. The van der Waals surface area contributed by atoms with Crippen molar-refractivity contribution in [2.75, 3.05) is 14.1 Å². The maximum Gasteiger partial charge on any atom is 0.176 e. The third-order valence-electron chi connectivity index (χ3n) is 3.96. The predicted molar refractivity (Wildman–Crippen MR) is 93.1 cm³/mol. The van der Waals surface area contributed by atoms with Gasteiger partial charge in [0.05, 0.1) is 17.9 Å². The van der Waals surface area contributed by atoms with E-state index in [-0.39, 0.29) is 0 Å². The van der Waals surface area contributed by atoms with Crippen molar-refractivity contribution < 1.29 is 0 Å². The van der Waals surface area contributed by atoms with E-state index in [1.807, 2.05) is 19.0 Å². The first-order valence-corrected chi connectivity index (χ1v) is 8.45. The molecule has 0 N–H and O–H groups in total. The fourth-order valence-electron chi connectivity index (χ4n) is 2.94. The van der Waals surface area contributed by atoms with Crippen LogP contribution in [-0.2, 0) is 12.8 Å². The van der Waals surface area contributed by atoms with Gasteiger partial charge in [-0.05, 0) is 24.8 Å². The normalized spacial score (nSPS) is 13.5. The van der Waals surface area contributed by atoms with Crippen LogP contribution in [0.4, 0.5) is 5.82 Å². The average Bonchev–Trinajstić information content (AvgIpc) is 3.25. The standard InChI is InChI=1S/C16H15N7S/c1-22(2)9-20-14-10(6-17)7-21-23(14)15-13-11-4-3-5-12(11)24-16(13)19-8-18-15/h7-9H,3-5H2,1-2H3/b20-9-. The molecule has 8 heteroatoms. The van der Waals surface area contributed by atoms with E-state index in [1.54, 1.807) is 28.7 Å². The van der Waals surface area contributed by atoms with E-state index in [1.165, 1.54) is 23.1 Å². The third-order valence-corrected chi connectivity index (χ3v) is 5.16. The second kappa shape index (κ2) is 5.69. The molecule has 0 bridgehead atoms. The monoisotopic (exact) mass is 337 g/mol. The highest BCUT2D eigenvalue weighted by molar-refractivity contribution is 7.19. The lowest BCUT2D eigenvalue weighted by Crippen LogP contribution is -2.08. The van der Waals surface area contributed by atoms with Gasteiger partial charge in [-0.3, -0.25) is 0 Å². The van der Waals surface area contributed by atoms with E-state index in [0.717, 1.165) is 23.1 Å². The lowest BCUT2D eigenvalue weighted by molar-refractivity contribution is 0.642. The lowest BCUT2D eigenvalue weighted by Gasteiger charge is -2.07. The topological polar surface area (TPSA) is 83.0 Å². The first-order chi connectivity index (χ1) is 11.7. The summed E-state index contributed by atoms with van der Waals surface area (Å²) in [6.45, 7) is 0. The molecule has 0 saturated carbocycles. The molecule has 3 aromatic heterocycles. The number of aromatic nitrogens is 4. The number of aliphatic imine (C=N–C) groups is 1. The van der Waals surface area contributed by atoms with Gasteiger partial charge in [0, 0.05) is 19.0 Å². The Kier molecular flexibility index (Phi) is 3.50. The van der Waals surface area contributed by atoms with Gasteiger partial charge in [-0.25, -0.2) is 15.0 Å². The summed E-state index contributed by atoms with van der Waals surface area (Å²) in [6.07, 6.45) is 8.05. The number of aryl methyl sites for hydroxylation is 2. The van der Waals surface area contributed by atoms with Gasteiger partial charge in [0.15, 0.2) is 11.6 Å². The van der Waals surface area contributed by atoms with Gasteiger partial charge in [0.2, 0.25) is 0 Å². The summed E-state index contributed by atoms with van der Waals surface area (Å²) < 4.78 is 1.65. The van der Waals surface area contributed by atoms with Crippen molar-refractivity contribution in [2.45, 2.75) is 19.3 Å². The first-order valence-electron chi connectivity index (χ1n) is 7.63. The van der Waals surface area contributed by atoms with E-state index in [9.17, 15) is 5.26 Å². The van der Waals surface area contributed by atoms with Gasteiger partial charge in [-0.15, -0.1) is 11.3 Å². The maximum atomic E-state index is 9.35. The number of hydrogen-bond donors (Lipinski definition) is 0. The smallest absolute Gasteiger partial charge is 0.176 e. The molecule has 0 aliphatic heterocycles. The molecule has 4 rings (SSSR count). The molecule has 0 spiro atoms. The minimum Gasteiger partial charge on any atom is -0.369 e. The number of thiophene rings is 1. The van der Waals surface area contributed by atoms with E-state index >= 15 is 0 Å². The SMILES string of the molecule is CN(C)/C=N\c1c(C#N)cnn1-c1ncnc2sc3c(c12)CCC3. The molecule has 0 saturated heterocycles. The van der Waals surface area contributed by atoms with Crippen LogP contribution >= 0.6 is 11.3 Å². The molecule has 24 heavy (non-hydrogen) atoms. The summed E-state index contributed by atoms with van der Waals surface area (Å²) in [4.78, 5) is 17.5. The zero-order chi connectivity index (χ0) is 16.7. The average molecular weight is 337 g/mol. The summed E-state index contributed by atoms with van der Waals surface area (Å²) in [5, 5.41) is 14.8. The van der Waals surface area contributed by atoms with Crippen LogP contribution in [0.5, 0.6) is 0 Å². The minimum atomic E-state index is 0.423. The number of fused-ring (bicyclic) bond motifs is 3. The first kappa shape index (κ1) is 14.8. The van der Waals surface area contributed by atoms with Crippen LogP contribution in [0, 0.1) is 11.3 Å². The number of nitriles is 1. The third kappa shape index (κ3) is 2.25. The molecule has 120 valence electrons. The summed E-state index contributed by atoms with van der Waals surface area (Å²) >= 11 is 1.73. The molecule has 0 radical (unpaired) electrons. The molecule has 0 unspecified atom stereocenters. The Labute approximate surface area is 142 Å². The summed E-state index contributed by atoms with van der Waals surface area (Å²) in [7, 11) is 3.76. The molecular weight excluding hydrogens is 322 g/mol. The van der Waals surface area contributed by atoms with Gasteiger partial charge in [0.1, 0.15) is 22.8 Å². The van der Waals surface area contributed by atoms with Crippen molar-refractivity contribution in [3.05, 3.63) is 28.5 Å². The summed E-state index contributed by atoms with van der Waals surface area (Å²) in [5.41, 5.74) is 1.74. The van der Waals surface area contributed by atoms with Crippen molar-refractivity contribution in [3.63, 3.8) is 0 Å². The van der Waals surface area contributed by atoms with Crippen LogP contribution in [-0.4, -0.2) is 45.1 Å². The van der Waals surface area contributed by atoms with Crippen LogP contribution in [0.25, 0.3) is 16.0 Å². The molecule has 7 nitrogen and oxygen atoms in total.